The highest BCUT2D eigenvalue weighted by Crippen LogP contribution is 2.32. The Balaban J connectivity index is 1.62. The third-order valence-electron chi connectivity index (χ3n) is 5.08. The molecule has 3 N–H and O–H groups in total. The molecule has 5 rings (SSSR count). The van der Waals surface area contributed by atoms with Gasteiger partial charge in [-0.2, -0.15) is 5.10 Å². The van der Waals surface area contributed by atoms with Crippen LogP contribution in [0.25, 0.3) is 33.2 Å². The van der Waals surface area contributed by atoms with Crippen molar-refractivity contribution >= 4 is 21.8 Å². The molecule has 0 amide bonds. The van der Waals surface area contributed by atoms with Crippen LogP contribution < -0.4 is 5.32 Å². The number of aromatic nitrogens is 4. The quantitative estimate of drug-likeness (QED) is 0.529. The zero-order valence-corrected chi connectivity index (χ0v) is 13.3. The fourth-order valence-corrected chi connectivity index (χ4v) is 3.75. The van der Waals surface area contributed by atoms with Crippen molar-refractivity contribution in [3.8, 4) is 11.4 Å². The zero-order valence-electron chi connectivity index (χ0n) is 13.3. The van der Waals surface area contributed by atoms with Gasteiger partial charge in [0.2, 0.25) is 0 Å². The lowest BCUT2D eigenvalue weighted by atomic mass is 9.89. The van der Waals surface area contributed by atoms with Gasteiger partial charge in [-0.3, -0.25) is 10.1 Å². The van der Waals surface area contributed by atoms with Gasteiger partial charge in [0.15, 0.2) is 0 Å². The Hall–Kier alpha value is -2.66. The summed E-state index contributed by atoms with van der Waals surface area (Å²) < 4.78 is 0. The van der Waals surface area contributed by atoms with Crippen LogP contribution in [-0.2, 0) is 0 Å². The van der Waals surface area contributed by atoms with Crippen LogP contribution in [0.2, 0.25) is 0 Å². The number of pyridine rings is 1. The molecular weight excluding hydrogens is 298 g/mol. The highest BCUT2D eigenvalue weighted by Gasteiger charge is 2.17. The molecule has 4 heterocycles. The Morgan fingerprint density at radius 2 is 1.92 bits per heavy atom. The van der Waals surface area contributed by atoms with Crippen molar-refractivity contribution in [1.29, 1.82) is 0 Å². The van der Waals surface area contributed by atoms with E-state index in [2.05, 4.69) is 49.7 Å². The molecule has 3 aromatic heterocycles. The lowest BCUT2D eigenvalue weighted by molar-refractivity contribution is 0.460. The summed E-state index contributed by atoms with van der Waals surface area (Å²) in [7, 11) is 0. The summed E-state index contributed by atoms with van der Waals surface area (Å²) in [5.41, 5.74) is 5.56. The van der Waals surface area contributed by atoms with E-state index in [1.54, 1.807) is 0 Å². The monoisotopic (exact) mass is 317 g/mol. The molecule has 1 fully saturated rings. The SMILES string of the molecule is c1cc2cc(-c3n[nH]c4ccc(C5CCNCC5)cc34)[nH]c2cn1. The molecule has 1 aliphatic rings. The molecule has 1 aromatic carbocycles. The second-order valence-electron chi connectivity index (χ2n) is 6.55. The molecule has 5 nitrogen and oxygen atoms in total. The smallest absolute Gasteiger partial charge is 0.116 e. The van der Waals surface area contributed by atoms with Crippen molar-refractivity contribution in [2.24, 2.45) is 0 Å². The minimum absolute atomic E-state index is 0.644. The molecule has 1 saturated heterocycles. The van der Waals surface area contributed by atoms with Gasteiger partial charge in [-0.25, -0.2) is 0 Å². The number of piperidine rings is 1. The molecule has 0 atom stereocenters. The number of nitrogens with zero attached hydrogens (tertiary/aromatic N) is 2. The molecule has 4 aromatic rings. The predicted octanol–water partition coefficient (Wildman–Crippen LogP) is 3.57. The molecule has 120 valence electrons. The van der Waals surface area contributed by atoms with Crippen molar-refractivity contribution in [3.63, 3.8) is 0 Å². The molecule has 0 bridgehead atoms. The summed E-state index contributed by atoms with van der Waals surface area (Å²) in [6.45, 7) is 2.21. The maximum Gasteiger partial charge on any atom is 0.116 e. The van der Waals surface area contributed by atoms with Crippen LogP contribution in [0.5, 0.6) is 0 Å². The van der Waals surface area contributed by atoms with Gasteiger partial charge in [-0.1, -0.05) is 6.07 Å². The van der Waals surface area contributed by atoms with E-state index in [0.717, 1.165) is 40.9 Å². The van der Waals surface area contributed by atoms with E-state index in [1.165, 1.54) is 23.8 Å². The molecule has 0 aliphatic carbocycles. The Morgan fingerprint density at radius 3 is 2.79 bits per heavy atom. The van der Waals surface area contributed by atoms with Crippen LogP contribution >= 0.6 is 0 Å². The van der Waals surface area contributed by atoms with Crippen LogP contribution in [0.15, 0.2) is 42.7 Å². The van der Waals surface area contributed by atoms with Crippen LogP contribution in [0.1, 0.15) is 24.3 Å². The largest absolute Gasteiger partial charge is 0.352 e. The summed E-state index contributed by atoms with van der Waals surface area (Å²) in [5.74, 6) is 0.644. The zero-order chi connectivity index (χ0) is 15.9. The van der Waals surface area contributed by atoms with Crippen LogP contribution in [0, 0.1) is 0 Å². The third kappa shape index (κ3) is 2.20. The van der Waals surface area contributed by atoms with Gasteiger partial charge in [0.1, 0.15) is 5.69 Å². The fraction of sp³-hybridized carbons (Fsp3) is 0.263. The summed E-state index contributed by atoms with van der Waals surface area (Å²) in [6, 6.07) is 10.9. The molecule has 0 radical (unpaired) electrons. The Morgan fingerprint density at radius 1 is 1.00 bits per heavy atom. The molecule has 0 unspecified atom stereocenters. The number of benzene rings is 1. The van der Waals surface area contributed by atoms with Gasteiger partial charge >= 0.3 is 0 Å². The number of aromatic amines is 2. The summed E-state index contributed by atoms with van der Waals surface area (Å²) in [6.07, 6.45) is 6.08. The average Bonchev–Trinajstić information content (AvgIpc) is 3.25. The van der Waals surface area contributed by atoms with E-state index >= 15 is 0 Å². The van der Waals surface area contributed by atoms with Crippen molar-refractivity contribution in [1.82, 2.24) is 25.5 Å². The normalized spacial score (nSPS) is 16.2. The van der Waals surface area contributed by atoms with E-state index < -0.39 is 0 Å². The van der Waals surface area contributed by atoms with Crippen molar-refractivity contribution < 1.29 is 0 Å². The molecule has 1 aliphatic heterocycles. The van der Waals surface area contributed by atoms with Crippen LogP contribution in [0.3, 0.4) is 0 Å². The first-order chi connectivity index (χ1) is 11.9. The standard InChI is InChI=1S/C19H19N5/c1-2-16-15(9-13(1)12-3-6-20-7-4-12)19(24-23-16)17-10-14-5-8-21-11-18(14)22-17/h1-2,5,8-12,20,22H,3-4,6-7H2,(H,23,24). The van der Waals surface area contributed by atoms with E-state index in [4.69, 9.17) is 0 Å². The summed E-state index contributed by atoms with van der Waals surface area (Å²) in [4.78, 5) is 7.61. The third-order valence-corrected chi connectivity index (χ3v) is 5.08. The highest BCUT2D eigenvalue weighted by molar-refractivity contribution is 5.95. The van der Waals surface area contributed by atoms with Gasteiger partial charge in [-0.15, -0.1) is 0 Å². The van der Waals surface area contributed by atoms with Gasteiger partial charge in [0, 0.05) is 17.0 Å². The van der Waals surface area contributed by atoms with Crippen LogP contribution in [0.4, 0.5) is 0 Å². The lowest BCUT2D eigenvalue weighted by Gasteiger charge is -2.23. The minimum atomic E-state index is 0.644. The predicted molar refractivity (Wildman–Crippen MR) is 96.0 cm³/mol. The molecule has 24 heavy (non-hydrogen) atoms. The number of hydrogen-bond acceptors (Lipinski definition) is 3. The van der Waals surface area contributed by atoms with Gasteiger partial charge < -0.3 is 10.3 Å². The van der Waals surface area contributed by atoms with Gasteiger partial charge in [0.25, 0.3) is 0 Å². The summed E-state index contributed by atoms with van der Waals surface area (Å²) in [5, 5.41) is 13.5. The first kappa shape index (κ1) is 13.7. The van der Waals surface area contributed by atoms with E-state index in [-0.39, 0.29) is 0 Å². The topological polar surface area (TPSA) is 69.4 Å². The molecule has 0 spiro atoms. The number of H-pyrrole nitrogens is 2. The number of fused-ring (bicyclic) bond motifs is 2. The number of hydrogen-bond donors (Lipinski definition) is 3. The first-order valence-corrected chi connectivity index (χ1v) is 8.50. The van der Waals surface area contributed by atoms with Crippen molar-refractivity contribution in [3.05, 3.63) is 48.3 Å². The minimum Gasteiger partial charge on any atom is -0.352 e. The lowest BCUT2D eigenvalue weighted by Crippen LogP contribution is -2.26. The first-order valence-electron chi connectivity index (χ1n) is 8.50. The Kier molecular flexibility index (Phi) is 3.13. The van der Waals surface area contributed by atoms with Gasteiger partial charge in [-0.05, 0) is 61.7 Å². The number of nitrogens with one attached hydrogen (secondary N) is 3. The maximum absolute atomic E-state index is 4.56. The van der Waals surface area contributed by atoms with E-state index in [9.17, 15) is 0 Å². The maximum atomic E-state index is 4.56. The van der Waals surface area contributed by atoms with Crippen molar-refractivity contribution in [2.45, 2.75) is 18.8 Å². The fourth-order valence-electron chi connectivity index (χ4n) is 3.75. The second kappa shape index (κ2) is 5.46. The molecular formula is C19H19N5. The second-order valence-corrected chi connectivity index (χ2v) is 6.55. The number of rotatable bonds is 2. The Labute approximate surface area is 139 Å². The molecule has 0 saturated carbocycles. The molecule has 5 heteroatoms. The van der Waals surface area contributed by atoms with Crippen LogP contribution in [-0.4, -0.2) is 33.3 Å². The summed E-state index contributed by atoms with van der Waals surface area (Å²) >= 11 is 0. The average molecular weight is 317 g/mol. The highest BCUT2D eigenvalue weighted by atomic mass is 15.1. The van der Waals surface area contributed by atoms with E-state index in [1.807, 2.05) is 18.5 Å². The van der Waals surface area contributed by atoms with Crippen molar-refractivity contribution in [2.75, 3.05) is 13.1 Å². The Bertz CT molecular complexity index is 974. The van der Waals surface area contributed by atoms with E-state index in [0.29, 0.717) is 5.92 Å². The van der Waals surface area contributed by atoms with Gasteiger partial charge in [0.05, 0.1) is 22.9 Å².